The Bertz CT molecular complexity index is 982. The predicted molar refractivity (Wildman–Crippen MR) is 91.4 cm³/mol. The molecule has 0 aliphatic heterocycles. The summed E-state index contributed by atoms with van der Waals surface area (Å²) in [6.45, 7) is 0. The van der Waals surface area contributed by atoms with E-state index in [4.69, 9.17) is 10.9 Å². The van der Waals surface area contributed by atoms with Crippen LogP contribution in [0.15, 0.2) is 59.8 Å². The van der Waals surface area contributed by atoms with Gasteiger partial charge < -0.3 is 16.0 Å². The molecular formula is C19H13F3N2O2. The maximum atomic E-state index is 14.2. The molecule has 0 amide bonds. The topological polar surface area (TPSA) is 78.8 Å². The monoisotopic (exact) mass is 358 g/mol. The number of rotatable bonds is 3. The lowest BCUT2D eigenvalue weighted by molar-refractivity contribution is 0.318. The van der Waals surface area contributed by atoms with E-state index >= 15 is 0 Å². The normalized spacial score (nSPS) is 11.6. The Morgan fingerprint density at radius 1 is 0.808 bits per heavy atom. The number of oxime groups is 1. The van der Waals surface area contributed by atoms with Gasteiger partial charge in [-0.25, -0.2) is 13.2 Å². The van der Waals surface area contributed by atoms with E-state index in [-0.39, 0.29) is 28.0 Å². The molecule has 3 rings (SSSR count). The summed E-state index contributed by atoms with van der Waals surface area (Å²) in [5, 5.41) is 21.3. The quantitative estimate of drug-likeness (QED) is 0.284. The van der Waals surface area contributed by atoms with Crippen LogP contribution in [0.2, 0.25) is 0 Å². The number of aromatic hydroxyl groups is 1. The second-order valence-electron chi connectivity index (χ2n) is 5.57. The number of nitrogens with two attached hydrogens (primary N) is 1. The van der Waals surface area contributed by atoms with E-state index in [9.17, 15) is 18.3 Å². The molecule has 0 aliphatic rings. The lowest BCUT2D eigenvalue weighted by Crippen LogP contribution is -2.15. The van der Waals surface area contributed by atoms with Gasteiger partial charge in [-0.1, -0.05) is 17.3 Å². The number of halogens is 3. The average Bonchev–Trinajstić information content (AvgIpc) is 2.60. The van der Waals surface area contributed by atoms with Gasteiger partial charge in [0.05, 0.1) is 0 Å². The summed E-state index contributed by atoms with van der Waals surface area (Å²) in [6, 6.07) is 10.8. The Morgan fingerprint density at radius 2 is 1.38 bits per heavy atom. The molecule has 0 fully saturated rings. The van der Waals surface area contributed by atoms with E-state index in [1.807, 2.05) is 0 Å². The Labute approximate surface area is 146 Å². The summed E-state index contributed by atoms with van der Waals surface area (Å²) in [5.74, 6) is -2.75. The summed E-state index contributed by atoms with van der Waals surface area (Å²) in [7, 11) is 0. The molecule has 4 N–H and O–H groups in total. The standard InChI is InChI=1S/C19H13F3N2O2/c20-12-5-11(6-13(21)7-12)18-16(10-1-3-15(25)4-2-10)8-14(22)9-17(18)19(23)24-26/h1-9,25-26H,(H2,23,24). The van der Waals surface area contributed by atoms with Gasteiger partial charge in [-0.15, -0.1) is 0 Å². The van der Waals surface area contributed by atoms with Crippen molar-refractivity contribution in [1.82, 2.24) is 0 Å². The first-order chi connectivity index (χ1) is 12.4. The van der Waals surface area contributed by atoms with Crippen molar-refractivity contribution in [1.29, 1.82) is 0 Å². The van der Waals surface area contributed by atoms with Gasteiger partial charge in [0.25, 0.3) is 0 Å². The molecule has 0 saturated carbocycles. The van der Waals surface area contributed by atoms with Crippen LogP contribution in [-0.4, -0.2) is 16.1 Å². The molecule has 3 aromatic carbocycles. The zero-order valence-corrected chi connectivity index (χ0v) is 13.2. The van der Waals surface area contributed by atoms with Crippen LogP contribution in [0.25, 0.3) is 22.3 Å². The second kappa shape index (κ2) is 6.79. The fraction of sp³-hybridized carbons (Fsp3) is 0. The number of benzene rings is 3. The van der Waals surface area contributed by atoms with Crippen molar-refractivity contribution in [2.24, 2.45) is 10.9 Å². The lowest BCUT2D eigenvalue weighted by atomic mass is 9.89. The van der Waals surface area contributed by atoms with Crippen molar-refractivity contribution in [2.75, 3.05) is 0 Å². The SMILES string of the molecule is N/C(=N\O)c1cc(F)cc(-c2ccc(O)cc2)c1-c1cc(F)cc(F)c1. The molecule has 132 valence electrons. The van der Waals surface area contributed by atoms with Gasteiger partial charge in [-0.3, -0.25) is 0 Å². The van der Waals surface area contributed by atoms with Gasteiger partial charge in [-0.05, 0) is 53.1 Å². The fourth-order valence-corrected chi connectivity index (χ4v) is 2.74. The number of amidine groups is 1. The highest BCUT2D eigenvalue weighted by Gasteiger charge is 2.19. The summed E-state index contributed by atoms with van der Waals surface area (Å²) in [4.78, 5) is 0. The molecule has 0 radical (unpaired) electrons. The molecule has 0 saturated heterocycles. The maximum Gasteiger partial charge on any atom is 0.170 e. The summed E-state index contributed by atoms with van der Waals surface area (Å²) < 4.78 is 41.6. The molecule has 0 spiro atoms. The number of hydrogen-bond donors (Lipinski definition) is 3. The van der Waals surface area contributed by atoms with E-state index in [0.29, 0.717) is 11.6 Å². The number of nitrogens with zero attached hydrogens (tertiary/aromatic N) is 1. The van der Waals surface area contributed by atoms with Crippen molar-refractivity contribution < 1.29 is 23.5 Å². The van der Waals surface area contributed by atoms with Crippen LogP contribution in [0.5, 0.6) is 5.75 Å². The minimum atomic E-state index is -0.827. The number of phenols is 1. The Hall–Kier alpha value is -3.48. The summed E-state index contributed by atoms with van der Waals surface area (Å²) >= 11 is 0. The van der Waals surface area contributed by atoms with E-state index in [1.54, 1.807) is 0 Å². The van der Waals surface area contributed by atoms with Crippen LogP contribution in [0, 0.1) is 17.5 Å². The van der Waals surface area contributed by atoms with Crippen LogP contribution in [0.3, 0.4) is 0 Å². The smallest absolute Gasteiger partial charge is 0.170 e. The van der Waals surface area contributed by atoms with E-state index in [1.165, 1.54) is 30.3 Å². The average molecular weight is 358 g/mol. The van der Waals surface area contributed by atoms with Crippen molar-refractivity contribution in [3.8, 4) is 28.0 Å². The first-order valence-electron chi connectivity index (χ1n) is 7.46. The Balaban J connectivity index is 2.39. The van der Waals surface area contributed by atoms with Crippen LogP contribution in [0.1, 0.15) is 5.56 Å². The van der Waals surface area contributed by atoms with Gasteiger partial charge in [-0.2, -0.15) is 0 Å². The van der Waals surface area contributed by atoms with Crippen LogP contribution in [-0.2, 0) is 0 Å². The molecule has 7 heteroatoms. The predicted octanol–water partition coefficient (Wildman–Crippen LogP) is 4.24. The van der Waals surface area contributed by atoms with Gasteiger partial charge in [0.2, 0.25) is 0 Å². The van der Waals surface area contributed by atoms with Crippen LogP contribution < -0.4 is 5.73 Å². The molecule has 0 aromatic heterocycles. The van der Waals surface area contributed by atoms with Gasteiger partial charge in [0.1, 0.15) is 23.2 Å². The highest BCUT2D eigenvalue weighted by Crippen LogP contribution is 2.37. The lowest BCUT2D eigenvalue weighted by Gasteiger charge is -2.16. The van der Waals surface area contributed by atoms with Gasteiger partial charge >= 0.3 is 0 Å². The minimum absolute atomic E-state index is 0.000149. The Morgan fingerprint density at radius 3 is 1.96 bits per heavy atom. The molecule has 0 bridgehead atoms. The highest BCUT2D eigenvalue weighted by atomic mass is 19.1. The third-order valence-electron chi connectivity index (χ3n) is 3.82. The van der Waals surface area contributed by atoms with E-state index in [0.717, 1.165) is 18.2 Å². The molecule has 0 aliphatic carbocycles. The third kappa shape index (κ3) is 3.32. The first kappa shape index (κ1) is 17.3. The third-order valence-corrected chi connectivity index (χ3v) is 3.82. The van der Waals surface area contributed by atoms with E-state index in [2.05, 4.69) is 5.16 Å². The number of hydrogen-bond acceptors (Lipinski definition) is 3. The van der Waals surface area contributed by atoms with Crippen molar-refractivity contribution >= 4 is 5.84 Å². The molecule has 3 aromatic rings. The molecule has 4 nitrogen and oxygen atoms in total. The Kier molecular flexibility index (Phi) is 4.53. The molecule has 0 atom stereocenters. The van der Waals surface area contributed by atoms with E-state index < -0.39 is 23.3 Å². The van der Waals surface area contributed by atoms with Crippen LogP contribution in [0.4, 0.5) is 13.2 Å². The van der Waals surface area contributed by atoms with Crippen LogP contribution >= 0.6 is 0 Å². The second-order valence-corrected chi connectivity index (χ2v) is 5.57. The van der Waals surface area contributed by atoms with Crippen molar-refractivity contribution in [3.05, 3.63) is 77.6 Å². The highest BCUT2D eigenvalue weighted by molar-refractivity contribution is 6.06. The molecule has 26 heavy (non-hydrogen) atoms. The minimum Gasteiger partial charge on any atom is -0.508 e. The summed E-state index contributed by atoms with van der Waals surface area (Å²) in [6.07, 6.45) is 0. The zero-order valence-electron chi connectivity index (χ0n) is 13.2. The van der Waals surface area contributed by atoms with Gasteiger partial charge in [0.15, 0.2) is 5.84 Å². The maximum absolute atomic E-state index is 14.2. The number of phenolic OH excluding ortho intramolecular Hbond substituents is 1. The largest absolute Gasteiger partial charge is 0.508 e. The molecule has 0 unspecified atom stereocenters. The fourth-order valence-electron chi connectivity index (χ4n) is 2.74. The van der Waals surface area contributed by atoms with Crippen molar-refractivity contribution in [3.63, 3.8) is 0 Å². The summed E-state index contributed by atoms with van der Waals surface area (Å²) in [5.41, 5.74) is 6.63. The zero-order chi connectivity index (χ0) is 18.8. The van der Waals surface area contributed by atoms with Gasteiger partial charge in [0, 0.05) is 17.2 Å². The van der Waals surface area contributed by atoms with Crippen molar-refractivity contribution in [2.45, 2.75) is 0 Å². The first-order valence-corrected chi connectivity index (χ1v) is 7.46. The molecular weight excluding hydrogens is 345 g/mol. The molecule has 0 heterocycles.